The van der Waals surface area contributed by atoms with Gasteiger partial charge in [-0.3, -0.25) is 10.4 Å². The Morgan fingerprint density at radius 3 is 2.86 bits per heavy atom. The molecule has 14 heavy (non-hydrogen) atoms. The van der Waals surface area contributed by atoms with E-state index in [2.05, 4.69) is 5.10 Å². The zero-order chi connectivity index (χ0) is 10.1. The first-order valence-electron chi connectivity index (χ1n) is 3.93. The summed E-state index contributed by atoms with van der Waals surface area (Å²) in [4.78, 5) is 0. The molecule has 0 radical (unpaired) electrons. The van der Waals surface area contributed by atoms with Crippen molar-refractivity contribution in [3.63, 3.8) is 0 Å². The lowest BCUT2D eigenvalue weighted by molar-refractivity contribution is 0.0285. The van der Waals surface area contributed by atoms with Crippen molar-refractivity contribution in [2.75, 3.05) is 11.5 Å². The third kappa shape index (κ3) is 1.33. The van der Waals surface area contributed by atoms with Gasteiger partial charge in [0, 0.05) is 6.20 Å². The monoisotopic (exact) mass is 211 g/mol. The summed E-state index contributed by atoms with van der Waals surface area (Å²) in [5, 5.41) is 22.9. The summed E-state index contributed by atoms with van der Waals surface area (Å²) >= 11 is 1.36. The van der Waals surface area contributed by atoms with Crippen LogP contribution >= 0.6 is 11.8 Å². The molecule has 2 rings (SSSR count). The highest BCUT2D eigenvalue weighted by Crippen LogP contribution is 2.30. The second kappa shape index (κ2) is 3.49. The van der Waals surface area contributed by atoms with E-state index in [0.717, 1.165) is 0 Å². The molecule has 0 fully saturated rings. The zero-order valence-electron chi connectivity index (χ0n) is 7.45. The van der Waals surface area contributed by atoms with Crippen molar-refractivity contribution in [2.24, 2.45) is 0 Å². The normalized spacial score (nSPS) is 10.8. The van der Waals surface area contributed by atoms with Gasteiger partial charge in [0.15, 0.2) is 5.69 Å². The van der Waals surface area contributed by atoms with E-state index in [1.807, 2.05) is 18.4 Å². The van der Waals surface area contributed by atoms with Crippen molar-refractivity contribution in [2.45, 2.75) is 5.03 Å². The van der Waals surface area contributed by atoms with E-state index in [-0.39, 0.29) is 5.23 Å². The highest BCUT2D eigenvalue weighted by molar-refractivity contribution is 7.98. The molecule has 0 amide bonds. The first kappa shape index (κ1) is 9.32. The molecule has 2 aromatic heterocycles. The number of rotatable bonds is 2. The van der Waals surface area contributed by atoms with Crippen molar-refractivity contribution in [3.8, 4) is 0 Å². The quantitative estimate of drug-likeness (QED) is 0.584. The lowest BCUT2D eigenvalue weighted by atomic mass is 10.4. The topological polar surface area (TPSA) is 61.0 Å². The minimum atomic E-state index is 0.105. The fourth-order valence-electron chi connectivity index (χ4n) is 1.29. The minimum absolute atomic E-state index is 0.105. The van der Waals surface area contributed by atoms with E-state index in [4.69, 9.17) is 10.4 Å². The van der Waals surface area contributed by atoms with E-state index in [1.54, 1.807) is 16.8 Å². The van der Waals surface area contributed by atoms with Gasteiger partial charge in [-0.2, -0.15) is 5.10 Å². The zero-order valence-corrected chi connectivity index (χ0v) is 8.27. The predicted molar refractivity (Wildman–Crippen MR) is 53.0 cm³/mol. The third-order valence-corrected chi connectivity index (χ3v) is 2.54. The molecule has 5 nitrogen and oxygen atoms in total. The summed E-state index contributed by atoms with van der Waals surface area (Å²) < 4.78 is 1.60. The number of hydrogen-bond donors (Lipinski definition) is 2. The van der Waals surface area contributed by atoms with Crippen molar-refractivity contribution in [1.29, 1.82) is 0 Å². The molecule has 2 heterocycles. The maximum atomic E-state index is 9.04. The van der Waals surface area contributed by atoms with Crippen LogP contribution in [0.15, 0.2) is 29.4 Å². The van der Waals surface area contributed by atoms with Crippen LogP contribution in [-0.2, 0) is 0 Å². The molecule has 2 aromatic rings. The van der Waals surface area contributed by atoms with Crippen LogP contribution in [0.5, 0.6) is 0 Å². The molecule has 74 valence electrons. The maximum absolute atomic E-state index is 9.04. The van der Waals surface area contributed by atoms with Gasteiger partial charge in [-0.15, -0.1) is 17.0 Å². The first-order valence-corrected chi connectivity index (χ1v) is 5.15. The fourth-order valence-corrected chi connectivity index (χ4v) is 1.84. The van der Waals surface area contributed by atoms with Crippen LogP contribution in [0, 0.1) is 0 Å². The first-order chi connectivity index (χ1) is 6.74. The molecule has 0 saturated carbocycles. The number of hydrogen-bond acceptors (Lipinski definition) is 5. The summed E-state index contributed by atoms with van der Waals surface area (Å²) in [6.45, 7) is 0. The maximum Gasteiger partial charge on any atom is 0.154 e. The summed E-state index contributed by atoms with van der Waals surface area (Å²) in [5.41, 5.74) is 0.958. The van der Waals surface area contributed by atoms with Crippen LogP contribution < -0.4 is 5.23 Å². The van der Waals surface area contributed by atoms with Crippen molar-refractivity contribution >= 4 is 23.0 Å². The van der Waals surface area contributed by atoms with Gasteiger partial charge in [0.2, 0.25) is 0 Å². The van der Waals surface area contributed by atoms with Crippen LogP contribution in [0.25, 0.3) is 5.52 Å². The number of fused-ring (bicyclic) bond motifs is 1. The molecule has 0 aliphatic heterocycles. The Morgan fingerprint density at radius 2 is 2.21 bits per heavy atom. The average molecular weight is 211 g/mol. The number of anilines is 1. The average Bonchev–Trinajstić information content (AvgIpc) is 2.55. The number of thioether (sulfide) groups is 1. The number of nitrogens with zero attached hydrogens (tertiary/aromatic N) is 3. The number of pyridine rings is 1. The second-order valence-electron chi connectivity index (χ2n) is 2.68. The van der Waals surface area contributed by atoms with Crippen molar-refractivity contribution in [3.05, 3.63) is 24.4 Å². The second-order valence-corrected chi connectivity index (χ2v) is 3.47. The predicted octanol–water partition coefficient (Wildman–Crippen LogP) is 1.64. The van der Waals surface area contributed by atoms with E-state index in [9.17, 15) is 0 Å². The summed E-state index contributed by atoms with van der Waals surface area (Å²) in [6, 6.07) is 5.41. The van der Waals surface area contributed by atoms with Gasteiger partial charge in [-0.25, -0.2) is 4.52 Å². The Kier molecular flexibility index (Phi) is 2.32. The molecular weight excluding hydrogens is 202 g/mol. The molecule has 0 spiro atoms. The lowest BCUT2D eigenvalue weighted by Crippen LogP contribution is -2.11. The van der Waals surface area contributed by atoms with E-state index in [1.165, 1.54) is 11.8 Å². The Balaban J connectivity index is 2.74. The Hall–Kier alpha value is -1.24. The third-order valence-electron chi connectivity index (χ3n) is 1.88. The van der Waals surface area contributed by atoms with E-state index >= 15 is 0 Å². The molecule has 6 heteroatoms. The summed E-state index contributed by atoms with van der Waals surface area (Å²) in [5.74, 6) is 0. The van der Waals surface area contributed by atoms with Crippen LogP contribution in [0.3, 0.4) is 0 Å². The Labute approximate surface area is 84.5 Å². The SMILES string of the molecule is CSc1nn2ccccc2c1N(O)O. The Morgan fingerprint density at radius 1 is 1.43 bits per heavy atom. The molecule has 0 unspecified atom stereocenters. The van der Waals surface area contributed by atoms with Gasteiger partial charge in [0.1, 0.15) is 5.03 Å². The van der Waals surface area contributed by atoms with Gasteiger partial charge in [0.05, 0.1) is 5.52 Å². The van der Waals surface area contributed by atoms with Crippen LogP contribution in [0.4, 0.5) is 5.69 Å². The molecule has 0 aliphatic rings. The summed E-state index contributed by atoms with van der Waals surface area (Å²) in [7, 11) is 0. The van der Waals surface area contributed by atoms with Crippen molar-refractivity contribution < 1.29 is 10.4 Å². The molecule has 0 bridgehead atoms. The highest BCUT2D eigenvalue weighted by atomic mass is 32.2. The smallest absolute Gasteiger partial charge is 0.154 e. The van der Waals surface area contributed by atoms with Crippen LogP contribution in [0.2, 0.25) is 0 Å². The molecule has 2 N–H and O–H groups in total. The number of aromatic nitrogens is 2. The van der Waals surface area contributed by atoms with Gasteiger partial charge in [-0.05, 0) is 18.4 Å². The van der Waals surface area contributed by atoms with E-state index in [0.29, 0.717) is 16.2 Å². The molecule has 0 atom stereocenters. The lowest BCUT2D eigenvalue weighted by Gasteiger charge is -2.06. The highest BCUT2D eigenvalue weighted by Gasteiger charge is 2.15. The molecule has 0 aliphatic carbocycles. The molecule has 0 aromatic carbocycles. The minimum Gasteiger partial charge on any atom is -0.264 e. The fraction of sp³-hybridized carbons (Fsp3) is 0.125. The molecular formula is C8H9N3O2S. The van der Waals surface area contributed by atoms with Gasteiger partial charge in [-0.1, -0.05) is 6.07 Å². The molecule has 0 saturated heterocycles. The van der Waals surface area contributed by atoms with Gasteiger partial charge >= 0.3 is 0 Å². The van der Waals surface area contributed by atoms with Gasteiger partial charge in [0.25, 0.3) is 0 Å². The van der Waals surface area contributed by atoms with E-state index < -0.39 is 0 Å². The van der Waals surface area contributed by atoms with Crippen LogP contribution in [-0.4, -0.2) is 26.3 Å². The standard InChI is InChI=1S/C8H9N3O2S/c1-14-8-7(11(12)13)6-4-2-3-5-10(6)9-8/h2-5,12-13H,1H3. The van der Waals surface area contributed by atoms with Crippen molar-refractivity contribution in [1.82, 2.24) is 9.61 Å². The van der Waals surface area contributed by atoms with Crippen LogP contribution in [0.1, 0.15) is 0 Å². The largest absolute Gasteiger partial charge is 0.264 e. The Bertz CT molecular complexity index is 455. The summed E-state index contributed by atoms with van der Waals surface area (Å²) in [6.07, 6.45) is 3.58. The van der Waals surface area contributed by atoms with Gasteiger partial charge < -0.3 is 0 Å².